The second kappa shape index (κ2) is 9.05. The van der Waals surface area contributed by atoms with Gasteiger partial charge in [-0.05, 0) is 35.9 Å². The van der Waals surface area contributed by atoms with Gasteiger partial charge in [-0.2, -0.15) is 0 Å². The van der Waals surface area contributed by atoms with E-state index in [1.54, 1.807) is 32.6 Å². The summed E-state index contributed by atoms with van der Waals surface area (Å²) in [5, 5.41) is 2.81. The largest absolute Gasteiger partial charge is 0.497 e. The summed E-state index contributed by atoms with van der Waals surface area (Å²) in [5.41, 5.74) is 1.45. The van der Waals surface area contributed by atoms with E-state index in [9.17, 15) is 4.79 Å². The van der Waals surface area contributed by atoms with Crippen LogP contribution in [0.1, 0.15) is 5.56 Å². The van der Waals surface area contributed by atoms with Crippen LogP contribution in [-0.2, 0) is 9.53 Å². The highest BCUT2D eigenvalue weighted by molar-refractivity contribution is 6.01. The monoisotopic (exact) mass is 369 g/mol. The third kappa shape index (κ3) is 5.21. The molecule has 0 unspecified atom stereocenters. The number of benzene rings is 1. The number of ether oxygens (including phenoxy) is 3. The first-order valence-corrected chi connectivity index (χ1v) is 8.69. The van der Waals surface area contributed by atoms with Gasteiger partial charge >= 0.3 is 0 Å². The fourth-order valence-corrected chi connectivity index (χ4v) is 2.72. The SMILES string of the molecule is COc1cc(/C=C/C(=O)Nc2ccc(N3CCOCC3)nc2)cc(OC)c1. The van der Waals surface area contributed by atoms with Crippen LogP contribution in [0.3, 0.4) is 0 Å². The van der Waals surface area contributed by atoms with E-state index in [-0.39, 0.29) is 5.91 Å². The van der Waals surface area contributed by atoms with Gasteiger partial charge in [0.05, 0.1) is 39.3 Å². The summed E-state index contributed by atoms with van der Waals surface area (Å²) < 4.78 is 15.8. The number of amides is 1. The van der Waals surface area contributed by atoms with Crippen molar-refractivity contribution in [2.75, 3.05) is 50.7 Å². The second-order valence-electron chi connectivity index (χ2n) is 5.97. The number of anilines is 2. The highest BCUT2D eigenvalue weighted by Gasteiger charge is 2.12. The zero-order chi connectivity index (χ0) is 19.1. The Kier molecular flexibility index (Phi) is 6.27. The number of morpholine rings is 1. The average molecular weight is 369 g/mol. The molecule has 0 spiro atoms. The van der Waals surface area contributed by atoms with Crippen LogP contribution in [0.2, 0.25) is 0 Å². The predicted molar refractivity (Wildman–Crippen MR) is 104 cm³/mol. The first-order valence-electron chi connectivity index (χ1n) is 8.69. The van der Waals surface area contributed by atoms with Crippen molar-refractivity contribution in [2.24, 2.45) is 0 Å². The maximum Gasteiger partial charge on any atom is 0.248 e. The molecule has 1 fully saturated rings. The lowest BCUT2D eigenvalue weighted by Gasteiger charge is -2.27. The van der Waals surface area contributed by atoms with E-state index < -0.39 is 0 Å². The van der Waals surface area contributed by atoms with Crippen LogP contribution in [0.4, 0.5) is 11.5 Å². The molecule has 0 radical (unpaired) electrons. The molecule has 2 heterocycles. The van der Waals surface area contributed by atoms with Crippen molar-refractivity contribution in [3.63, 3.8) is 0 Å². The number of rotatable bonds is 6. The van der Waals surface area contributed by atoms with Crippen LogP contribution in [0, 0.1) is 0 Å². The van der Waals surface area contributed by atoms with Crippen molar-refractivity contribution in [3.05, 3.63) is 48.2 Å². The molecule has 2 aromatic rings. The molecule has 0 aliphatic carbocycles. The minimum Gasteiger partial charge on any atom is -0.497 e. The van der Waals surface area contributed by atoms with E-state index in [0.29, 0.717) is 30.4 Å². The quantitative estimate of drug-likeness (QED) is 0.789. The molecule has 3 rings (SSSR count). The minimum absolute atomic E-state index is 0.238. The number of aromatic nitrogens is 1. The minimum atomic E-state index is -0.238. The molecule has 27 heavy (non-hydrogen) atoms. The lowest BCUT2D eigenvalue weighted by molar-refractivity contribution is -0.111. The Bertz CT molecular complexity index is 777. The first-order chi connectivity index (χ1) is 13.2. The third-order valence-electron chi connectivity index (χ3n) is 4.15. The molecule has 1 aliphatic rings. The fraction of sp³-hybridized carbons (Fsp3) is 0.300. The van der Waals surface area contributed by atoms with Crippen LogP contribution >= 0.6 is 0 Å². The zero-order valence-electron chi connectivity index (χ0n) is 15.5. The summed E-state index contributed by atoms with van der Waals surface area (Å²) in [6.07, 6.45) is 4.82. The van der Waals surface area contributed by atoms with Gasteiger partial charge in [-0.25, -0.2) is 4.98 Å². The Morgan fingerprint density at radius 3 is 2.44 bits per heavy atom. The van der Waals surface area contributed by atoms with Gasteiger partial charge in [0.25, 0.3) is 0 Å². The number of nitrogens with one attached hydrogen (secondary N) is 1. The van der Waals surface area contributed by atoms with E-state index in [2.05, 4.69) is 15.2 Å². The molecule has 0 bridgehead atoms. The van der Waals surface area contributed by atoms with Crippen molar-refractivity contribution in [1.29, 1.82) is 0 Å². The van der Waals surface area contributed by atoms with Crippen molar-refractivity contribution >= 4 is 23.5 Å². The average Bonchev–Trinajstić information content (AvgIpc) is 2.73. The number of nitrogens with zero attached hydrogens (tertiary/aromatic N) is 2. The van der Waals surface area contributed by atoms with Crippen molar-refractivity contribution < 1.29 is 19.0 Å². The Labute approximate surface area is 158 Å². The normalized spacial score (nSPS) is 14.2. The topological polar surface area (TPSA) is 72.9 Å². The number of hydrogen-bond acceptors (Lipinski definition) is 6. The Morgan fingerprint density at radius 2 is 1.85 bits per heavy atom. The molecular formula is C20H23N3O4. The van der Waals surface area contributed by atoms with Gasteiger partial charge in [-0.3, -0.25) is 4.79 Å². The Morgan fingerprint density at radius 1 is 1.15 bits per heavy atom. The maximum absolute atomic E-state index is 12.2. The first kappa shape index (κ1) is 18.7. The molecule has 7 heteroatoms. The van der Waals surface area contributed by atoms with Gasteiger partial charge in [0.1, 0.15) is 17.3 Å². The molecule has 142 valence electrons. The van der Waals surface area contributed by atoms with Gasteiger partial charge in [-0.15, -0.1) is 0 Å². The molecule has 1 aromatic carbocycles. The molecule has 1 saturated heterocycles. The molecule has 1 amide bonds. The number of pyridine rings is 1. The smallest absolute Gasteiger partial charge is 0.248 e. The molecule has 0 atom stereocenters. The summed E-state index contributed by atoms with van der Waals surface area (Å²) in [4.78, 5) is 18.7. The molecule has 1 aliphatic heterocycles. The number of carbonyl (C=O) groups excluding carboxylic acids is 1. The van der Waals surface area contributed by atoms with Crippen LogP contribution < -0.4 is 19.7 Å². The lowest BCUT2D eigenvalue weighted by atomic mass is 10.2. The van der Waals surface area contributed by atoms with Crippen LogP contribution in [0.25, 0.3) is 6.08 Å². The van der Waals surface area contributed by atoms with E-state index in [1.807, 2.05) is 24.3 Å². The van der Waals surface area contributed by atoms with E-state index in [4.69, 9.17) is 14.2 Å². The standard InChI is InChI=1S/C20H23N3O4/c1-25-17-11-15(12-18(13-17)26-2)3-6-20(24)22-16-4-5-19(21-14-16)23-7-9-27-10-8-23/h3-6,11-14H,7-10H2,1-2H3,(H,22,24)/b6-3+. The van der Waals surface area contributed by atoms with E-state index in [0.717, 1.165) is 24.5 Å². The Balaban J connectivity index is 1.61. The highest BCUT2D eigenvalue weighted by Crippen LogP contribution is 2.23. The van der Waals surface area contributed by atoms with Crippen LogP contribution in [-0.4, -0.2) is 51.4 Å². The van der Waals surface area contributed by atoms with Crippen LogP contribution in [0.5, 0.6) is 11.5 Å². The van der Waals surface area contributed by atoms with Gasteiger partial charge in [0, 0.05) is 25.2 Å². The summed E-state index contributed by atoms with van der Waals surface area (Å²) >= 11 is 0. The van der Waals surface area contributed by atoms with Crippen molar-refractivity contribution in [3.8, 4) is 11.5 Å². The van der Waals surface area contributed by atoms with Gasteiger partial charge in [0.15, 0.2) is 0 Å². The van der Waals surface area contributed by atoms with Crippen molar-refractivity contribution in [1.82, 2.24) is 4.98 Å². The van der Waals surface area contributed by atoms with Gasteiger partial charge in [0.2, 0.25) is 5.91 Å². The molecule has 7 nitrogen and oxygen atoms in total. The Hall–Kier alpha value is -3.06. The summed E-state index contributed by atoms with van der Waals surface area (Å²) in [5.74, 6) is 1.97. The summed E-state index contributed by atoms with van der Waals surface area (Å²) in [6.45, 7) is 3.07. The lowest BCUT2D eigenvalue weighted by Crippen LogP contribution is -2.36. The molecule has 1 N–H and O–H groups in total. The summed E-state index contributed by atoms with van der Waals surface area (Å²) in [6, 6.07) is 9.17. The number of hydrogen-bond donors (Lipinski definition) is 1. The van der Waals surface area contributed by atoms with Gasteiger partial charge < -0.3 is 24.4 Å². The van der Waals surface area contributed by atoms with E-state index in [1.165, 1.54) is 6.08 Å². The van der Waals surface area contributed by atoms with Crippen LogP contribution in [0.15, 0.2) is 42.6 Å². The third-order valence-corrected chi connectivity index (χ3v) is 4.15. The second-order valence-corrected chi connectivity index (χ2v) is 5.97. The van der Waals surface area contributed by atoms with Gasteiger partial charge in [-0.1, -0.05) is 0 Å². The maximum atomic E-state index is 12.2. The van der Waals surface area contributed by atoms with Crippen molar-refractivity contribution in [2.45, 2.75) is 0 Å². The predicted octanol–water partition coefficient (Wildman–Crippen LogP) is 2.59. The molecular weight excluding hydrogens is 346 g/mol. The molecule has 1 aromatic heterocycles. The fourth-order valence-electron chi connectivity index (χ4n) is 2.72. The summed E-state index contributed by atoms with van der Waals surface area (Å²) in [7, 11) is 3.17. The number of methoxy groups -OCH3 is 2. The highest BCUT2D eigenvalue weighted by atomic mass is 16.5. The van der Waals surface area contributed by atoms with E-state index >= 15 is 0 Å². The number of carbonyl (C=O) groups is 1. The molecule has 0 saturated carbocycles. The zero-order valence-corrected chi connectivity index (χ0v) is 15.5.